The van der Waals surface area contributed by atoms with Gasteiger partial charge in [0.2, 0.25) is 0 Å². The summed E-state index contributed by atoms with van der Waals surface area (Å²) >= 11 is 0. The van der Waals surface area contributed by atoms with Crippen molar-refractivity contribution in [2.45, 2.75) is 33.1 Å². The SMILES string of the molecule is CC1(C)CCN(CC(=O)Cc2ccccc2F)CC1. The lowest BCUT2D eigenvalue weighted by Gasteiger charge is -2.36. The van der Waals surface area contributed by atoms with Crippen molar-refractivity contribution in [3.8, 4) is 0 Å². The normalized spacial score (nSPS) is 19.3. The monoisotopic (exact) mass is 263 g/mol. The topological polar surface area (TPSA) is 20.3 Å². The third-order valence-corrected chi connectivity index (χ3v) is 3.96. The van der Waals surface area contributed by atoms with Gasteiger partial charge in [0.1, 0.15) is 5.82 Å². The lowest BCUT2D eigenvalue weighted by Crippen LogP contribution is -2.40. The Morgan fingerprint density at radius 2 is 1.89 bits per heavy atom. The van der Waals surface area contributed by atoms with E-state index >= 15 is 0 Å². The average Bonchev–Trinajstić information content (AvgIpc) is 2.35. The summed E-state index contributed by atoms with van der Waals surface area (Å²) in [5, 5.41) is 0. The minimum absolute atomic E-state index is 0.102. The third kappa shape index (κ3) is 4.13. The molecule has 1 fully saturated rings. The zero-order chi connectivity index (χ0) is 13.9. The number of carbonyl (C=O) groups is 1. The van der Waals surface area contributed by atoms with Gasteiger partial charge >= 0.3 is 0 Å². The predicted molar refractivity (Wildman–Crippen MR) is 74.6 cm³/mol. The lowest BCUT2D eigenvalue weighted by atomic mass is 9.82. The van der Waals surface area contributed by atoms with Crippen LogP contribution in [0.15, 0.2) is 24.3 Å². The number of piperidine rings is 1. The minimum Gasteiger partial charge on any atom is -0.298 e. The summed E-state index contributed by atoms with van der Waals surface area (Å²) in [5.41, 5.74) is 0.898. The van der Waals surface area contributed by atoms with Crippen molar-refractivity contribution in [3.63, 3.8) is 0 Å². The molecule has 3 heteroatoms. The molecule has 2 rings (SSSR count). The maximum atomic E-state index is 13.5. The molecule has 0 atom stereocenters. The van der Waals surface area contributed by atoms with E-state index in [0.717, 1.165) is 25.9 Å². The van der Waals surface area contributed by atoms with Gasteiger partial charge in [-0.05, 0) is 43.0 Å². The molecule has 0 amide bonds. The summed E-state index contributed by atoms with van der Waals surface area (Å²) in [5.74, 6) is -0.180. The van der Waals surface area contributed by atoms with Crippen molar-refractivity contribution < 1.29 is 9.18 Å². The van der Waals surface area contributed by atoms with Gasteiger partial charge in [0.05, 0.1) is 6.54 Å². The fourth-order valence-corrected chi connectivity index (χ4v) is 2.48. The second-order valence-electron chi connectivity index (χ2n) is 6.25. The number of Topliss-reactive ketones (excluding diaryl/α,β-unsaturated/α-hetero) is 1. The van der Waals surface area contributed by atoms with Gasteiger partial charge in [0.25, 0.3) is 0 Å². The zero-order valence-electron chi connectivity index (χ0n) is 11.8. The molecule has 1 aliphatic heterocycles. The van der Waals surface area contributed by atoms with E-state index in [1.807, 2.05) is 0 Å². The number of nitrogens with zero attached hydrogens (tertiary/aromatic N) is 1. The molecule has 1 aromatic rings. The van der Waals surface area contributed by atoms with Gasteiger partial charge in [-0.25, -0.2) is 4.39 Å². The van der Waals surface area contributed by atoms with E-state index in [-0.39, 0.29) is 18.0 Å². The second kappa shape index (κ2) is 5.83. The number of likely N-dealkylation sites (tertiary alicyclic amines) is 1. The first-order valence-corrected chi connectivity index (χ1v) is 6.94. The van der Waals surface area contributed by atoms with Gasteiger partial charge in [0, 0.05) is 6.42 Å². The summed E-state index contributed by atoms with van der Waals surface area (Å²) in [6.45, 7) is 6.92. The summed E-state index contributed by atoms with van der Waals surface area (Å²) in [6.07, 6.45) is 2.45. The molecule has 19 heavy (non-hydrogen) atoms. The first-order chi connectivity index (χ1) is 8.96. The predicted octanol–water partition coefficient (Wildman–Crippen LogP) is 3.06. The van der Waals surface area contributed by atoms with Gasteiger partial charge in [0.15, 0.2) is 5.78 Å². The molecular weight excluding hydrogens is 241 g/mol. The summed E-state index contributed by atoms with van der Waals surface area (Å²) in [6, 6.07) is 6.52. The number of benzene rings is 1. The molecule has 2 nitrogen and oxygen atoms in total. The molecule has 104 valence electrons. The largest absolute Gasteiger partial charge is 0.298 e. The highest BCUT2D eigenvalue weighted by molar-refractivity contribution is 5.82. The smallest absolute Gasteiger partial charge is 0.151 e. The van der Waals surface area contributed by atoms with E-state index in [0.29, 0.717) is 17.5 Å². The number of hydrogen-bond donors (Lipinski definition) is 0. The molecule has 0 aliphatic carbocycles. The van der Waals surface area contributed by atoms with Crippen LogP contribution in [0.1, 0.15) is 32.3 Å². The first kappa shape index (κ1) is 14.2. The Labute approximate surface area is 114 Å². The Bertz CT molecular complexity index is 446. The lowest BCUT2D eigenvalue weighted by molar-refractivity contribution is -0.120. The molecule has 1 heterocycles. The van der Waals surface area contributed by atoms with Crippen LogP contribution >= 0.6 is 0 Å². The molecule has 1 aliphatic rings. The van der Waals surface area contributed by atoms with Gasteiger partial charge in [-0.15, -0.1) is 0 Å². The van der Waals surface area contributed by atoms with Crippen LogP contribution in [-0.2, 0) is 11.2 Å². The van der Waals surface area contributed by atoms with Crippen LogP contribution in [0.5, 0.6) is 0 Å². The highest BCUT2D eigenvalue weighted by Gasteiger charge is 2.26. The van der Waals surface area contributed by atoms with E-state index < -0.39 is 0 Å². The molecule has 1 aromatic carbocycles. The number of rotatable bonds is 4. The molecule has 0 N–H and O–H groups in total. The Morgan fingerprint density at radius 1 is 1.26 bits per heavy atom. The third-order valence-electron chi connectivity index (χ3n) is 3.96. The van der Waals surface area contributed by atoms with E-state index in [2.05, 4.69) is 18.7 Å². The fourth-order valence-electron chi connectivity index (χ4n) is 2.48. The van der Waals surface area contributed by atoms with Crippen molar-refractivity contribution in [1.82, 2.24) is 4.90 Å². The second-order valence-corrected chi connectivity index (χ2v) is 6.25. The Kier molecular flexibility index (Phi) is 4.35. The summed E-state index contributed by atoms with van der Waals surface area (Å²) in [4.78, 5) is 14.2. The van der Waals surface area contributed by atoms with Crippen molar-refractivity contribution >= 4 is 5.78 Å². The molecule has 1 saturated heterocycles. The average molecular weight is 263 g/mol. The van der Waals surface area contributed by atoms with Crippen LogP contribution < -0.4 is 0 Å². The fraction of sp³-hybridized carbons (Fsp3) is 0.562. The highest BCUT2D eigenvalue weighted by atomic mass is 19.1. The molecule has 0 unspecified atom stereocenters. The number of hydrogen-bond acceptors (Lipinski definition) is 2. The standard InChI is InChI=1S/C16H22FNO/c1-16(2)7-9-18(10-8-16)12-14(19)11-13-5-3-4-6-15(13)17/h3-6H,7-12H2,1-2H3. The van der Waals surface area contributed by atoms with Crippen LogP contribution in [0.3, 0.4) is 0 Å². The van der Waals surface area contributed by atoms with Crippen molar-refractivity contribution in [2.75, 3.05) is 19.6 Å². The number of carbonyl (C=O) groups excluding carboxylic acids is 1. The Hall–Kier alpha value is -1.22. The Morgan fingerprint density at radius 3 is 2.53 bits per heavy atom. The first-order valence-electron chi connectivity index (χ1n) is 6.94. The quantitative estimate of drug-likeness (QED) is 0.832. The van der Waals surface area contributed by atoms with Crippen LogP contribution in [0.25, 0.3) is 0 Å². The van der Waals surface area contributed by atoms with Crippen molar-refractivity contribution in [2.24, 2.45) is 5.41 Å². The van der Waals surface area contributed by atoms with E-state index in [1.54, 1.807) is 18.2 Å². The molecule has 0 aromatic heterocycles. The van der Waals surface area contributed by atoms with Crippen molar-refractivity contribution in [3.05, 3.63) is 35.6 Å². The minimum atomic E-state index is -0.282. The highest BCUT2D eigenvalue weighted by Crippen LogP contribution is 2.29. The van der Waals surface area contributed by atoms with Gasteiger partial charge in [-0.2, -0.15) is 0 Å². The van der Waals surface area contributed by atoms with E-state index in [1.165, 1.54) is 6.07 Å². The summed E-state index contributed by atoms with van der Waals surface area (Å²) < 4.78 is 13.5. The van der Waals surface area contributed by atoms with Gasteiger partial charge < -0.3 is 0 Å². The number of ketones is 1. The molecular formula is C16H22FNO. The van der Waals surface area contributed by atoms with Crippen LogP contribution in [0.4, 0.5) is 4.39 Å². The maximum Gasteiger partial charge on any atom is 0.151 e. The zero-order valence-corrected chi connectivity index (χ0v) is 11.8. The van der Waals surface area contributed by atoms with Gasteiger partial charge in [-0.1, -0.05) is 32.0 Å². The van der Waals surface area contributed by atoms with E-state index in [4.69, 9.17) is 0 Å². The summed E-state index contributed by atoms with van der Waals surface area (Å²) in [7, 11) is 0. The van der Waals surface area contributed by atoms with Crippen LogP contribution in [0.2, 0.25) is 0 Å². The van der Waals surface area contributed by atoms with Crippen LogP contribution in [-0.4, -0.2) is 30.3 Å². The molecule has 0 spiro atoms. The molecule has 0 saturated carbocycles. The number of halogens is 1. The van der Waals surface area contributed by atoms with Crippen molar-refractivity contribution in [1.29, 1.82) is 0 Å². The van der Waals surface area contributed by atoms with E-state index in [9.17, 15) is 9.18 Å². The molecule has 0 bridgehead atoms. The Balaban J connectivity index is 1.84. The van der Waals surface area contributed by atoms with Crippen LogP contribution in [0, 0.1) is 11.2 Å². The van der Waals surface area contributed by atoms with Gasteiger partial charge in [-0.3, -0.25) is 9.69 Å². The molecule has 0 radical (unpaired) electrons. The maximum absolute atomic E-state index is 13.5.